The first kappa shape index (κ1) is 22.8. The number of benzene rings is 1. The van der Waals surface area contributed by atoms with Crippen molar-refractivity contribution in [2.75, 3.05) is 7.11 Å². The number of hydrogen-bond donors (Lipinski definition) is 0. The lowest BCUT2D eigenvalue weighted by Gasteiger charge is -2.04. The van der Waals surface area contributed by atoms with Gasteiger partial charge in [0.1, 0.15) is 22.1 Å². The number of ether oxygens (including phenoxy) is 1. The Kier molecular flexibility index (Phi) is 7.41. The van der Waals surface area contributed by atoms with E-state index < -0.39 is 23.1 Å². The maximum atomic E-state index is 13.2. The molecule has 0 aliphatic heterocycles. The molecule has 0 unspecified atom stereocenters. The van der Waals surface area contributed by atoms with Crippen molar-refractivity contribution >= 4 is 34.7 Å². The lowest BCUT2D eigenvalue weighted by molar-refractivity contribution is -0.140. The number of methoxy groups -OCH3 is 1. The van der Waals surface area contributed by atoms with Crippen LogP contribution in [0, 0.1) is 17.1 Å². The van der Waals surface area contributed by atoms with Crippen LogP contribution in [0.4, 0.5) is 4.39 Å². The number of hydrogen-bond acceptors (Lipinski definition) is 7. The topological polar surface area (TPSA) is 102 Å². The first-order valence-electron chi connectivity index (χ1n) is 9.58. The predicted octanol–water partition coefficient (Wildman–Crippen LogP) is 1.78. The summed E-state index contributed by atoms with van der Waals surface area (Å²) in [4.78, 5) is 41.7. The van der Waals surface area contributed by atoms with Gasteiger partial charge in [-0.3, -0.25) is 23.9 Å². The fourth-order valence-electron chi connectivity index (χ4n) is 2.93. The minimum atomic E-state index is -0.625. The van der Waals surface area contributed by atoms with Gasteiger partial charge in [-0.25, -0.2) is 4.39 Å². The number of carbonyl (C=O) groups excluding carboxylic acids is 2. The summed E-state index contributed by atoms with van der Waals surface area (Å²) in [5.41, 5.74) is 0.0280. The molecule has 9 heteroatoms. The molecule has 0 bridgehead atoms. The minimum Gasteiger partial charge on any atom is -0.469 e. The summed E-state index contributed by atoms with van der Waals surface area (Å²) >= 11 is 0.989. The number of ketones is 1. The summed E-state index contributed by atoms with van der Waals surface area (Å²) in [6.45, 7) is 0.109. The Morgan fingerprint density at radius 3 is 2.62 bits per heavy atom. The fourth-order valence-corrected chi connectivity index (χ4v) is 4.04. The molecule has 2 aromatic heterocycles. The van der Waals surface area contributed by atoms with E-state index in [2.05, 4.69) is 9.72 Å². The number of esters is 1. The summed E-state index contributed by atoms with van der Waals surface area (Å²) in [7, 11) is 1.27. The van der Waals surface area contributed by atoms with E-state index in [1.165, 1.54) is 23.8 Å². The van der Waals surface area contributed by atoms with E-state index in [0.29, 0.717) is 5.69 Å². The van der Waals surface area contributed by atoms with Crippen molar-refractivity contribution in [2.24, 2.45) is 0 Å². The van der Waals surface area contributed by atoms with E-state index in [0.717, 1.165) is 23.5 Å². The summed E-state index contributed by atoms with van der Waals surface area (Å²) < 4.78 is 19.6. The average Bonchev–Trinajstić information content (AvgIpc) is 3.10. The molecule has 0 aliphatic carbocycles. The highest BCUT2D eigenvalue weighted by atomic mass is 32.1. The number of carbonyl (C=O) groups is 2. The molecule has 7 nitrogen and oxygen atoms in total. The number of pyridine rings is 1. The Morgan fingerprint density at radius 1 is 1.25 bits per heavy atom. The molecule has 0 fully saturated rings. The lowest BCUT2D eigenvalue weighted by Crippen LogP contribution is -2.33. The molecular formula is C23H18FN3O4S. The van der Waals surface area contributed by atoms with Crippen LogP contribution in [0.25, 0.3) is 11.6 Å². The number of nitrogens with zero attached hydrogens (tertiary/aromatic N) is 3. The van der Waals surface area contributed by atoms with Crippen LogP contribution >= 0.6 is 11.3 Å². The van der Waals surface area contributed by atoms with Gasteiger partial charge in [0.25, 0.3) is 5.56 Å². The maximum absolute atomic E-state index is 13.2. The number of aromatic nitrogens is 2. The summed E-state index contributed by atoms with van der Waals surface area (Å²) in [5, 5.41) is 9.74. The SMILES string of the molecule is COC(=O)CCCn1c(=O)/c(=C/c2ccccn2)s/c1=C(\C#N)C(=O)c1ccc(F)cc1. The Labute approximate surface area is 186 Å². The summed E-state index contributed by atoms with van der Waals surface area (Å²) in [6, 6.07) is 11.9. The molecule has 0 spiro atoms. The van der Waals surface area contributed by atoms with Gasteiger partial charge >= 0.3 is 5.97 Å². The molecule has 0 radical (unpaired) electrons. The predicted molar refractivity (Wildman–Crippen MR) is 117 cm³/mol. The van der Waals surface area contributed by atoms with Gasteiger partial charge in [-0.15, -0.1) is 11.3 Å². The molecular weight excluding hydrogens is 433 g/mol. The second-order valence-corrected chi connectivity index (χ2v) is 7.66. The van der Waals surface area contributed by atoms with E-state index >= 15 is 0 Å². The normalized spacial score (nSPS) is 12.2. The van der Waals surface area contributed by atoms with Crippen molar-refractivity contribution in [1.82, 2.24) is 9.55 Å². The largest absolute Gasteiger partial charge is 0.469 e. The molecule has 0 saturated heterocycles. The minimum absolute atomic E-state index is 0.0747. The number of halogens is 1. The molecule has 1 aromatic carbocycles. The van der Waals surface area contributed by atoms with Crippen molar-refractivity contribution in [3.8, 4) is 6.07 Å². The van der Waals surface area contributed by atoms with Gasteiger partial charge in [-0.1, -0.05) is 6.07 Å². The van der Waals surface area contributed by atoms with Gasteiger partial charge in [0.2, 0.25) is 5.78 Å². The smallest absolute Gasteiger partial charge is 0.305 e. The molecule has 0 atom stereocenters. The first-order chi connectivity index (χ1) is 15.4. The summed E-state index contributed by atoms with van der Waals surface area (Å²) in [5.74, 6) is -1.56. The molecule has 0 aliphatic rings. The monoisotopic (exact) mass is 451 g/mol. The molecule has 2 heterocycles. The standard InChI is InChI=1S/C23H18FN3O4S/c1-31-20(28)6-4-12-27-22(30)19(13-17-5-2-3-11-26-17)32-23(27)18(14-25)21(29)15-7-9-16(24)10-8-15/h2-3,5,7-11,13H,4,6,12H2,1H3/b19-13-,23-18+. The third-order valence-electron chi connectivity index (χ3n) is 4.52. The van der Waals surface area contributed by atoms with Crippen molar-refractivity contribution in [1.29, 1.82) is 5.26 Å². The summed E-state index contributed by atoms with van der Waals surface area (Å²) in [6.07, 6.45) is 3.51. The Hall–Kier alpha value is -3.90. The molecule has 0 N–H and O–H groups in total. The highest BCUT2D eigenvalue weighted by Crippen LogP contribution is 2.10. The number of nitriles is 1. The zero-order valence-electron chi connectivity index (χ0n) is 17.1. The molecule has 0 saturated carbocycles. The van der Waals surface area contributed by atoms with Crippen molar-refractivity contribution < 1.29 is 18.7 Å². The maximum Gasteiger partial charge on any atom is 0.305 e. The van der Waals surface area contributed by atoms with Gasteiger partial charge in [0.15, 0.2) is 0 Å². The zero-order valence-corrected chi connectivity index (χ0v) is 17.9. The van der Waals surface area contributed by atoms with Crippen LogP contribution in [0.1, 0.15) is 28.9 Å². The van der Waals surface area contributed by atoms with Gasteiger partial charge in [-0.2, -0.15) is 5.26 Å². The fraction of sp³-hybridized carbons (Fsp3) is 0.174. The van der Waals surface area contributed by atoms with Crippen LogP contribution in [0.15, 0.2) is 53.5 Å². The van der Waals surface area contributed by atoms with Crippen molar-refractivity contribution in [3.63, 3.8) is 0 Å². The van der Waals surface area contributed by atoms with Crippen LogP contribution in [0.5, 0.6) is 0 Å². The zero-order chi connectivity index (χ0) is 23.1. The van der Waals surface area contributed by atoms with Crippen LogP contribution in [0.2, 0.25) is 0 Å². The van der Waals surface area contributed by atoms with E-state index in [1.807, 2.05) is 6.07 Å². The Morgan fingerprint density at radius 2 is 2.00 bits per heavy atom. The number of thiazole rings is 1. The average molecular weight is 451 g/mol. The van der Waals surface area contributed by atoms with E-state index in [4.69, 9.17) is 0 Å². The molecule has 0 amide bonds. The highest BCUT2D eigenvalue weighted by molar-refractivity contribution is 7.07. The van der Waals surface area contributed by atoms with Crippen LogP contribution < -0.4 is 14.8 Å². The molecule has 3 rings (SSSR count). The number of Topliss-reactive ketones (excluding diaryl/α,β-unsaturated/α-hetero) is 1. The molecule has 162 valence electrons. The van der Waals surface area contributed by atoms with E-state index in [-0.39, 0.29) is 39.7 Å². The van der Waals surface area contributed by atoms with Crippen LogP contribution in [-0.4, -0.2) is 28.4 Å². The molecule has 3 aromatic rings. The Bertz CT molecular complexity index is 1350. The van der Waals surface area contributed by atoms with Crippen LogP contribution in [0.3, 0.4) is 0 Å². The first-order valence-corrected chi connectivity index (χ1v) is 10.4. The second kappa shape index (κ2) is 10.4. The third kappa shape index (κ3) is 5.22. The van der Waals surface area contributed by atoms with Gasteiger partial charge in [0.05, 0.1) is 17.3 Å². The lowest BCUT2D eigenvalue weighted by atomic mass is 10.1. The Balaban J connectivity index is 2.17. The molecule has 32 heavy (non-hydrogen) atoms. The quantitative estimate of drug-likeness (QED) is 0.401. The second-order valence-electron chi connectivity index (χ2n) is 6.63. The van der Waals surface area contributed by atoms with E-state index in [9.17, 15) is 24.0 Å². The van der Waals surface area contributed by atoms with Gasteiger partial charge < -0.3 is 4.74 Å². The van der Waals surface area contributed by atoms with Crippen LogP contribution in [-0.2, 0) is 16.1 Å². The van der Waals surface area contributed by atoms with Crippen molar-refractivity contribution in [3.05, 3.63) is 85.3 Å². The van der Waals surface area contributed by atoms with Gasteiger partial charge in [-0.05, 0) is 48.9 Å². The number of rotatable bonds is 7. The van der Waals surface area contributed by atoms with E-state index in [1.54, 1.807) is 30.5 Å². The van der Waals surface area contributed by atoms with Crippen molar-refractivity contribution in [2.45, 2.75) is 19.4 Å². The highest BCUT2D eigenvalue weighted by Gasteiger charge is 2.18. The third-order valence-corrected chi connectivity index (χ3v) is 5.65. The van der Waals surface area contributed by atoms with Gasteiger partial charge in [0, 0.05) is 24.7 Å².